The van der Waals surface area contributed by atoms with Gasteiger partial charge in [-0.1, -0.05) is 39.3 Å². The SMILES string of the molecule is CC(C)C(CNC(=O)c1cc(Cl)c2c(c1)OCO2)C(C)C. The lowest BCUT2D eigenvalue weighted by Gasteiger charge is -2.25. The number of carbonyl (C=O) groups is 1. The van der Waals surface area contributed by atoms with Crippen molar-refractivity contribution in [2.75, 3.05) is 13.3 Å². The summed E-state index contributed by atoms with van der Waals surface area (Å²) in [6.07, 6.45) is 0. The van der Waals surface area contributed by atoms with Crippen LogP contribution in [0, 0.1) is 17.8 Å². The lowest BCUT2D eigenvalue weighted by Crippen LogP contribution is -2.33. The van der Waals surface area contributed by atoms with E-state index in [1.807, 2.05) is 0 Å². The van der Waals surface area contributed by atoms with Crippen molar-refractivity contribution in [2.24, 2.45) is 17.8 Å². The molecule has 0 atom stereocenters. The molecule has 1 aliphatic heterocycles. The summed E-state index contributed by atoms with van der Waals surface area (Å²) in [6, 6.07) is 3.29. The summed E-state index contributed by atoms with van der Waals surface area (Å²) in [5.41, 5.74) is 0.496. The van der Waals surface area contributed by atoms with Crippen LogP contribution in [0.15, 0.2) is 12.1 Å². The standard InChI is InChI=1S/C16H22ClNO3/c1-9(2)12(10(3)4)7-18-16(19)11-5-13(17)15-14(6-11)20-8-21-15/h5-6,9-10,12H,7-8H2,1-4H3,(H,18,19). The first kappa shape index (κ1) is 16.0. The quantitative estimate of drug-likeness (QED) is 0.901. The fourth-order valence-electron chi connectivity index (χ4n) is 2.65. The number of rotatable bonds is 5. The highest BCUT2D eigenvalue weighted by atomic mass is 35.5. The van der Waals surface area contributed by atoms with Crippen molar-refractivity contribution < 1.29 is 14.3 Å². The monoisotopic (exact) mass is 311 g/mol. The Labute approximate surface area is 130 Å². The summed E-state index contributed by atoms with van der Waals surface area (Å²) in [7, 11) is 0. The highest BCUT2D eigenvalue weighted by molar-refractivity contribution is 6.32. The molecule has 0 aliphatic carbocycles. The lowest BCUT2D eigenvalue weighted by atomic mass is 9.85. The molecule has 1 aromatic rings. The number of carbonyl (C=O) groups excluding carboxylic acids is 1. The third-order valence-corrected chi connectivity index (χ3v) is 4.18. The molecule has 0 spiro atoms. The van der Waals surface area contributed by atoms with Gasteiger partial charge in [-0.25, -0.2) is 0 Å². The van der Waals surface area contributed by atoms with E-state index < -0.39 is 0 Å². The van der Waals surface area contributed by atoms with Gasteiger partial charge < -0.3 is 14.8 Å². The number of nitrogens with one attached hydrogen (secondary N) is 1. The molecule has 0 saturated carbocycles. The summed E-state index contributed by atoms with van der Waals surface area (Å²) >= 11 is 6.10. The second kappa shape index (κ2) is 6.56. The van der Waals surface area contributed by atoms with Crippen LogP contribution in [-0.2, 0) is 0 Å². The highest BCUT2D eigenvalue weighted by Gasteiger charge is 2.22. The zero-order valence-electron chi connectivity index (χ0n) is 12.9. The normalized spacial score (nSPS) is 13.3. The zero-order valence-corrected chi connectivity index (χ0v) is 13.7. The predicted octanol–water partition coefficient (Wildman–Crippen LogP) is 3.73. The maximum Gasteiger partial charge on any atom is 0.251 e. The van der Waals surface area contributed by atoms with Gasteiger partial charge in [-0.2, -0.15) is 0 Å². The van der Waals surface area contributed by atoms with Crippen LogP contribution in [-0.4, -0.2) is 19.2 Å². The van der Waals surface area contributed by atoms with E-state index in [1.54, 1.807) is 12.1 Å². The number of halogens is 1. The number of hydrogen-bond acceptors (Lipinski definition) is 3. The van der Waals surface area contributed by atoms with Crippen LogP contribution in [0.5, 0.6) is 11.5 Å². The van der Waals surface area contributed by atoms with Gasteiger partial charge in [0.25, 0.3) is 5.91 Å². The molecule has 1 aromatic carbocycles. The van der Waals surface area contributed by atoms with E-state index in [1.165, 1.54) is 0 Å². The lowest BCUT2D eigenvalue weighted by molar-refractivity contribution is 0.0936. The van der Waals surface area contributed by atoms with Crippen molar-refractivity contribution in [1.82, 2.24) is 5.32 Å². The zero-order chi connectivity index (χ0) is 15.6. The summed E-state index contributed by atoms with van der Waals surface area (Å²) in [5.74, 6) is 2.38. The van der Waals surface area contributed by atoms with Crippen LogP contribution in [0.2, 0.25) is 5.02 Å². The molecule has 0 saturated heterocycles. The molecule has 21 heavy (non-hydrogen) atoms. The molecule has 116 valence electrons. The minimum atomic E-state index is -0.137. The van der Waals surface area contributed by atoms with Gasteiger partial charge in [-0.3, -0.25) is 4.79 Å². The summed E-state index contributed by atoms with van der Waals surface area (Å²) in [6.45, 7) is 9.49. The number of benzene rings is 1. The molecule has 1 N–H and O–H groups in total. The van der Waals surface area contributed by atoms with Gasteiger partial charge in [-0.05, 0) is 29.9 Å². The van der Waals surface area contributed by atoms with Crippen molar-refractivity contribution in [1.29, 1.82) is 0 Å². The van der Waals surface area contributed by atoms with Crippen LogP contribution in [0.3, 0.4) is 0 Å². The van der Waals surface area contributed by atoms with Crippen molar-refractivity contribution in [3.05, 3.63) is 22.7 Å². The van der Waals surface area contributed by atoms with Crippen molar-refractivity contribution in [3.8, 4) is 11.5 Å². The van der Waals surface area contributed by atoms with Crippen molar-refractivity contribution >= 4 is 17.5 Å². The number of fused-ring (bicyclic) bond motifs is 1. The van der Waals surface area contributed by atoms with E-state index in [2.05, 4.69) is 33.0 Å². The van der Waals surface area contributed by atoms with Crippen LogP contribution in [0.25, 0.3) is 0 Å². The molecule has 0 radical (unpaired) electrons. The van der Waals surface area contributed by atoms with Crippen LogP contribution in [0.4, 0.5) is 0 Å². The molecule has 5 heteroatoms. The van der Waals surface area contributed by atoms with E-state index in [-0.39, 0.29) is 12.7 Å². The highest BCUT2D eigenvalue weighted by Crippen LogP contribution is 2.39. The minimum Gasteiger partial charge on any atom is -0.454 e. The van der Waals surface area contributed by atoms with Gasteiger partial charge in [0.2, 0.25) is 6.79 Å². The molecule has 4 nitrogen and oxygen atoms in total. The Kier molecular flexibility index (Phi) is 4.99. The Balaban J connectivity index is 2.06. The van der Waals surface area contributed by atoms with Gasteiger partial charge in [0.15, 0.2) is 11.5 Å². The van der Waals surface area contributed by atoms with Crippen molar-refractivity contribution in [2.45, 2.75) is 27.7 Å². The molecule has 1 amide bonds. The second-order valence-corrected chi connectivity index (χ2v) is 6.46. The Morgan fingerprint density at radius 1 is 1.24 bits per heavy atom. The van der Waals surface area contributed by atoms with Gasteiger partial charge in [-0.15, -0.1) is 0 Å². The topological polar surface area (TPSA) is 47.6 Å². The molecule has 2 rings (SSSR count). The first-order valence-corrected chi connectivity index (χ1v) is 7.65. The van der Waals surface area contributed by atoms with E-state index in [0.717, 1.165) is 0 Å². The second-order valence-electron chi connectivity index (χ2n) is 6.05. The summed E-state index contributed by atoms with van der Waals surface area (Å²) in [5, 5.41) is 3.39. The Morgan fingerprint density at radius 3 is 2.52 bits per heavy atom. The average molecular weight is 312 g/mol. The van der Waals surface area contributed by atoms with Gasteiger partial charge in [0.05, 0.1) is 5.02 Å². The number of ether oxygens (including phenoxy) is 2. The fourth-order valence-corrected chi connectivity index (χ4v) is 2.92. The van der Waals surface area contributed by atoms with E-state index in [0.29, 0.717) is 46.4 Å². The molecular formula is C16H22ClNO3. The molecule has 0 bridgehead atoms. The Bertz CT molecular complexity index is 520. The first-order chi connectivity index (χ1) is 9.90. The first-order valence-electron chi connectivity index (χ1n) is 7.27. The van der Waals surface area contributed by atoms with E-state index in [4.69, 9.17) is 21.1 Å². The van der Waals surface area contributed by atoms with E-state index in [9.17, 15) is 4.79 Å². The molecule has 1 heterocycles. The molecular weight excluding hydrogens is 290 g/mol. The summed E-state index contributed by atoms with van der Waals surface area (Å²) < 4.78 is 10.5. The van der Waals surface area contributed by atoms with Crippen molar-refractivity contribution in [3.63, 3.8) is 0 Å². The molecule has 0 unspecified atom stereocenters. The number of hydrogen-bond donors (Lipinski definition) is 1. The molecule has 0 fully saturated rings. The number of amides is 1. The molecule has 1 aliphatic rings. The Hall–Kier alpha value is -1.42. The third-order valence-electron chi connectivity index (χ3n) is 3.90. The van der Waals surface area contributed by atoms with Crippen LogP contribution < -0.4 is 14.8 Å². The predicted molar refractivity (Wildman–Crippen MR) is 83.1 cm³/mol. The maximum atomic E-state index is 12.3. The van der Waals surface area contributed by atoms with E-state index >= 15 is 0 Å². The fraction of sp³-hybridized carbons (Fsp3) is 0.562. The van der Waals surface area contributed by atoms with Crippen LogP contribution >= 0.6 is 11.6 Å². The minimum absolute atomic E-state index is 0.137. The van der Waals surface area contributed by atoms with Gasteiger partial charge in [0.1, 0.15) is 0 Å². The largest absolute Gasteiger partial charge is 0.454 e. The van der Waals surface area contributed by atoms with Gasteiger partial charge in [0, 0.05) is 12.1 Å². The average Bonchev–Trinajstić information content (AvgIpc) is 2.86. The molecule has 0 aromatic heterocycles. The van der Waals surface area contributed by atoms with Gasteiger partial charge >= 0.3 is 0 Å². The maximum absolute atomic E-state index is 12.3. The summed E-state index contributed by atoms with van der Waals surface area (Å²) in [4.78, 5) is 12.3. The Morgan fingerprint density at radius 2 is 1.90 bits per heavy atom. The van der Waals surface area contributed by atoms with Crippen LogP contribution in [0.1, 0.15) is 38.1 Å². The smallest absolute Gasteiger partial charge is 0.251 e. The third kappa shape index (κ3) is 3.62.